The molecular formula is C21H30IN7O. The molecule has 0 saturated carbocycles. The molecule has 9 heteroatoms. The zero-order valence-corrected chi connectivity index (χ0v) is 19.9. The second-order valence-corrected chi connectivity index (χ2v) is 7.70. The first kappa shape index (κ1) is 22.4. The molecule has 2 fully saturated rings. The SMILES string of the molecule is CN=C(NCC1CCN(c2ccccc2)C1)N1CCN(c2cnn(C)c2)C(=O)C1.I. The number of carbonyl (C=O) groups excluding carboxylic acids is 1. The van der Waals surface area contributed by atoms with Gasteiger partial charge in [0.05, 0.1) is 11.9 Å². The molecule has 1 unspecified atom stereocenters. The highest BCUT2D eigenvalue weighted by Gasteiger charge is 2.28. The molecule has 2 aliphatic heterocycles. The maximum Gasteiger partial charge on any atom is 0.246 e. The van der Waals surface area contributed by atoms with Crippen LogP contribution in [0, 0.1) is 5.92 Å². The van der Waals surface area contributed by atoms with E-state index in [4.69, 9.17) is 0 Å². The van der Waals surface area contributed by atoms with E-state index in [0.29, 0.717) is 19.0 Å². The smallest absolute Gasteiger partial charge is 0.246 e. The summed E-state index contributed by atoms with van der Waals surface area (Å²) in [6, 6.07) is 10.6. The highest BCUT2D eigenvalue weighted by Crippen LogP contribution is 2.23. The molecule has 1 aromatic carbocycles. The fourth-order valence-corrected chi connectivity index (χ4v) is 4.12. The number of nitrogens with zero attached hydrogens (tertiary/aromatic N) is 6. The predicted molar refractivity (Wildman–Crippen MR) is 131 cm³/mol. The summed E-state index contributed by atoms with van der Waals surface area (Å²) in [4.78, 5) is 23.3. The maximum atomic E-state index is 12.7. The van der Waals surface area contributed by atoms with Crippen molar-refractivity contribution in [3.63, 3.8) is 0 Å². The fraction of sp³-hybridized carbons (Fsp3) is 0.476. The van der Waals surface area contributed by atoms with Crippen LogP contribution in [0.5, 0.6) is 0 Å². The van der Waals surface area contributed by atoms with Crippen molar-refractivity contribution in [1.29, 1.82) is 0 Å². The number of halogens is 1. The Morgan fingerprint density at radius 2 is 2.00 bits per heavy atom. The van der Waals surface area contributed by atoms with Crippen molar-refractivity contribution < 1.29 is 4.79 Å². The lowest BCUT2D eigenvalue weighted by molar-refractivity contribution is -0.120. The first-order chi connectivity index (χ1) is 14.1. The van der Waals surface area contributed by atoms with Crippen LogP contribution in [0.25, 0.3) is 0 Å². The van der Waals surface area contributed by atoms with Gasteiger partial charge in [-0.2, -0.15) is 5.10 Å². The Balaban J connectivity index is 0.00000256. The van der Waals surface area contributed by atoms with Gasteiger partial charge in [0.15, 0.2) is 5.96 Å². The van der Waals surface area contributed by atoms with Crippen molar-refractivity contribution in [1.82, 2.24) is 20.0 Å². The first-order valence-corrected chi connectivity index (χ1v) is 10.2. The summed E-state index contributed by atoms with van der Waals surface area (Å²) < 4.78 is 1.72. The highest BCUT2D eigenvalue weighted by molar-refractivity contribution is 14.0. The second kappa shape index (κ2) is 10.1. The molecule has 2 aromatic rings. The van der Waals surface area contributed by atoms with Crippen LogP contribution in [0.1, 0.15) is 6.42 Å². The molecule has 0 aliphatic carbocycles. The van der Waals surface area contributed by atoms with Gasteiger partial charge >= 0.3 is 0 Å². The molecule has 30 heavy (non-hydrogen) atoms. The topological polar surface area (TPSA) is 69.0 Å². The molecule has 0 radical (unpaired) electrons. The molecule has 8 nitrogen and oxygen atoms in total. The summed E-state index contributed by atoms with van der Waals surface area (Å²) in [6.45, 7) is 4.71. The quantitative estimate of drug-likeness (QED) is 0.376. The number of carbonyl (C=O) groups is 1. The monoisotopic (exact) mass is 523 g/mol. The largest absolute Gasteiger partial charge is 0.371 e. The number of rotatable bonds is 4. The molecular weight excluding hydrogens is 493 g/mol. The standard InChI is InChI=1S/C21H29N7O.HI/c1-22-21(23-12-17-8-9-26(14-17)18-6-4-3-5-7-18)27-10-11-28(20(29)16-27)19-13-24-25(2)15-19;/h3-7,13,15,17H,8-12,14,16H2,1-2H3,(H,22,23);1H. The normalized spacial score (nSPS) is 19.8. The van der Waals surface area contributed by atoms with Crippen LogP contribution in [-0.4, -0.2) is 72.9 Å². The molecule has 1 amide bonds. The minimum atomic E-state index is 0. The van der Waals surface area contributed by atoms with Crippen molar-refractivity contribution in [2.24, 2.45) is 18.0 Å². The molecule has 1 atom stereocenters. The average molecular weight is 523 g/mol. The molecule has 2 saturated heterocycles. The molecule has 1 aromatic heterocycles. The van der Waals surface area contributed by atoms with Crippen LogP contribution < -0.4 is 15.1 Å². The van der Waals surface area contributed by atoms with E-state index in [1.54, 1.807) is 22.8 Å². The Morgan fingerprint density at radius 3 is 2.67 bits per heavy atom. The van der Waals surface area contributed by atoms with Crippen LogP contribution in [0.4, 0.5) is 11.4 Å². The van der Waals surface area contributed by atoms with Crippen molar-refractivity contribution in [3.05, 3.63) is 42.7 Å². The van der Waals surface area contributed by atoms with Gasteiger partial charge in [0.2, 0.25) is 5.91 Å². The van der Waals surface area contributed by atoms with Gasteiger partial charge in [-0.1, -0.05) is 18.2 Å². The third-order valence-electron chi connectivity index (χ3n) is 5.69. The van der Waals surface area contributed by atoms with E-state index < -0.39 is 0 Å². The second-order valence-electron chi connectivity index (χ2n) is 7.70. The Morgan fingerprint density at radius 1 is 1.20 bits per heavy atom. The molecule has 162 valence electrons. The third kappa shape index (κ3) is 5.05. The van der Waals surface area contributed by atoms with Crippen LogP contribution in [0.15, 0.2) is 47.7 Å². The lowest BCUT2D eigenvalue weighted by Gasteiger charge is -2.35. The Bertz CT molecular complexity index is 869. The van der Waals surface area contributed by atoms with Crippen molar-refractivity contribution >= 4 is 47.2 Å². The number of para-hydroxylation sites is 1. The maximum absolute atomic E-state index is 12.7. The Kier molecular flexibility index (Phi) is 7.57. The molecule has 1 N–H and O–H groups in total. The van der Waals surface area contributed by atoms with E-state index >= 15 is 0 Å². The van der Waals surface area contributed by atoms with Gasteiger partial charge in [0, 0.05) is 58.7 Å². The van der Waals surface area contributed by atoms with Gasteiger partial charge in [0.1, 0.15) is 6.54 Å². The summed E-state index contributed by atoms with van der Waals surface area (Å²) in [5.74, 6) is 1.45. The first-order valence-electron chi connectivity index (χ1n) is 10.2. The summed E-state index contributed by atoms with van der Waals surface area (Å²) in [5, 5.41) is 7.66. The van der Waals surface area contributed by atoms with Gasteiger partial charge < -0.3 is 20.0 Å². The summed E-state index contributed by atoms with van der Waals surface area (Å²) in [6.07, 6.45) is 4.77. The molecule has 0 spiro atoms. The van der Waals surface area contributed by atoms with Gasteiger partial charge in [-0.25, -0.2) is 0 Å². The van der Waals surface area contributed by atoms with Crippen LogP contribution in [0.2, 0.25) is 0 Å². The summed E-state index contributed by atoms with van der Waals surface area (Å²) >= 11 is 0. The van der Waals surface area contributed by atoms with Gasteiger partial charge in [0.25, 0.3) is 0 Å². The van der Waals surface area contributed by atoms with Crippen molar-refractivity contribution in [2.75, 3.05) is 56.1 Å². The lowest BCUT2D eigenvalue weighted by Crippen LogP contribution is -2.55. The number of aryl methyl sites for hydroxylation is 1. The third-order valence-corrected chi connectivity index (χ3v) is 5.69. The van der Waals surface area contributed by atoms with E-state index in [1.807, 2.05) is 18.1 Å². The predicted octanol–water partition coefficient (Wildman–Crippen LogP) is 1.79. The Labute approximate surface area is 194 Å². The van der Waals surface area contributed by atoms with Crippen molar-refractivity contribution in [3.8, 4) is 0 Å². The van der Waals surface area contributed by atoms with E-state index in [9.17, 15) is 4.79 Å². The number of amides is 1. The molecule has 0 bridgehead atoms. The van der Waals surface area contributed by atoms with E-state index in [1.165, 1.54) is 5.69 Å². The zero-order valence-electron chi connectivity index (χ0n) is 17.6. The van der Waals surface area contributed by atoms with Gasteiger partial charge in [-0.3, -0.25) is 14.5 Å². The minimum absolute atomic E-state index is 0. The number of piperazine rings is 1. The highest BCUT2D eigenvalue weighted by atomic mass is 127. The number of aromatic nitrogens is 2. The molecule has 4 rings (SSSR count). The number of guanidine groups is 1. The van der Waals surface area contributed by atoms with Crippen LogP contribution in [-0.2, 0) is 11.8 Å². The number of hydrogen-bond acceptors (Lipinski definition) is 4. The van der Waals surface area contributed by atoms with Crippen LogP contribution in [0.3, 0.4) is 0 Å². The fourth-order valence-electron chi connectivity index (χ4n) is 4.12. The number of anilines is 2. The molecule has 3 heterocycles. The van der Waals surface area contributed by atoms with E-state index in [0.717, 1.165) is 44.2 Å². The number of benzene rings is 1. The number of nitrogens with one attached hydrogen (secondary N) is 1. The van der Waals surface area contributed by atoms with Gasteiger partial charge in [-0.05, 0) is 24.5 Å². The average Bonchev–Trinajstić information content (AvgIpc) is 3.38. The number of hydrogen-bond donors (Lipinski definition) is 1. The summed E-state index contributed by atoms with van der Waals surface area (Å²) in [7, 11) is 3.64. The molecule has 2 aliphatic rings. The summed E-state index contributed by atoms with van der Waals surface area (Å²) in [5.41, 5.74) is 2.14. The van der Waals surface area contributed by atoms with Gasteiger partial charge in [-0.15, -0.1) is 24.0 Å². The zero-order chi connectivity index (χ0) is 20.2. The minimum Gasteiger partial charge on any atom is -0.371 e. The van der Waals surface area contributed by atoms with E-state index in [-0.39, 0.29) is 29.9 Å². The Hall–Kier alpha value is -2.30. The van der Waals surface area contributed by atoms with E-state index in [2.05, 4.69) is 50.6 Å². The van der Waals surface area contributed by atoms with Crippen LogP contribution >= 0.6 is 24.0 Å². The number of aliphatic imine (C=N–C) groups is 1. The lowest BCUT2D eigenvalue weighted by atomic mass is 10.1. The van der Waals surface area contributed by atoms with Crippen molar-refractivity contribution in [2.45, 2.75) is 6.42 Å².